The highest BCUT2D eigenvalue weighted by molar-refractivity contribution is 8.15. The van der Waals surface area contributed by atoms with Gasteiger partial charge in [-0.25, -0.2) is 14.7 Å². The van der Waals surface area contributed by atoms with E-state index in [0.29, 0.717) is 16.7 Å². The zero-order valence-electron chi connectivity index (χ0n) is 17.3. The molecule has 1 fully saturated rings. The van der Waals surface area contributed by atoms with Gasteiger partial charge in [0.25, 0.3) is 5.91 Å². The van der Waals surface area contributed by atoms with Crippen LogP contribution in [0, 0.1) is 0 Å². The first-order valence-electron chi connectivity index (χ1n) is 10.2. The molecule has 0 atom stereocenters. The van der Waals surface area contributed by atoms with Gasteiger partial charge in [-0.15, -0.1) is 5.10 Å². The lowest BCUT2D eigenvalue weighted by Gasteiger charge is -2.15. The highest BCUT2D eigenvalue weighted by Gasteiger charge is 2.31. The SMILES string of the molecule is O=C(NN1C(=O)CSC1=Nc1ccccc1)c1nc(-c2ccccc2)n(-c2ccccc2)n1. The van der Waals surface area contributed by atoms with Gasteiger partial charge < -0.3 is 0 Å². The molecule has 33 heavy (non-hydrogen) atoms. The summed E-state index contributed by atoms with van der Waals surface area (Å²) in [5, 5.41) is 5.99. The fraction of sp³-hybridized carbons (Fsp3) is 0.0417. The van der Waals surface area contributed by atoms with Crippen LogP contribution < -0.4 is 5.43 Å². The number of rotatable bonds is 5. The van der Waals surface area contributed by atoms with Crippen molar-refractivity contribution >= 4 is 34.4 Å². The van der Waals surface area contributed by atoms with E-state index in [1.165, 1.54) is 11.8 Å². The van der Waals surface area contributed by atoms with Gasteiger partial charge in [0.15, 0.2) is 11.0 Å². The molecule has 0 aliphatic carbocycles. The van der Waals surface area contributed by atoms with Crippen LogP contribution in [0.25, 0.3) is 17.1 Å². The number of carbonyl (C=O) groups excluding carboxylic acids is 2. The van der Waals surface area contributed by atoms with E-state index in [0.717, 1.165) is 16.3 Å². The number of para-hydroxylation sites is 2. The number of amides is 2. The normalized spacial score (nSPS) is 14.6. The van der Waals surface area contributed by atoms with E-state index in [1.807, 2.05) is 91.0 Å². The van der Waals surface area contributed by atoms with Crippen LogP contribution in [0.1, 0.15) is 10.6 Å². The molecular formula is C24H18N6O2S. The van der Waals surface area contributed by atoms with E-state index in [9.17, 15) is 9.59 Å². The molecule has 2 heterocycles. The van der Waals surface area contributed by atoms with Gasteiger partial charge in [0, 0.05) is 5.56 Å². The van der Waals surface area contributed by atoms with Crippen molar-refractivity contribution in [3.63, 3.8) is 0 Å². The second-order valence-corrected chi connectivity index (χ2v) is 8.00. The van der Waals surface area contributed by atoms with Gasteiger partial charge in [-0.1, -0.05) is 78.5 Å². The molecule has 4 aromatic rings. The third kappa shape index (κ3) is 4.39. The Morgan fingerprint density at radius 1 is 0.909 bits per heavy atom. The monoisotopic (exact) mass is 454 g/mol. The summed E-state index contributed by atoms with van der Waals surface area (Å²) in [7, 11) is 0. The van der Waals surface area contributed by atoms with Gasteiger partial charge in [-0.3, -0.25) is 15.0 Å². The van der Waals surface area contributed by atoms with Crippen LogP contribution in [0.15, 0.2) is 96.0 Å². The van der Waals surface area contributed by atoms with Gasteiger partial charge in [0.05, 0.1) is 17.1 Å². The fourth-order valence-electron chi connectivity index (χ4n) is 3.25. The number of hydrazine groups is 1. The van der Waals surface area contributed by atoms with Crippen LogP contribution in [0.2, 0.25) is 0 Å². The van der Waals surface area contributed by atoms with Crippen molar-refractivity contribution in [1.82, 2.24) is 25.2 Å². The summed E-state index contributed by atoms with van der Waals surface area (Å²) in [6.45, 7) is 0. The molecule has 8 nitrogen and oxygen atoms in total. The van der Waals surface area contributed by atoms with Gasteiger partial charge in [0.2, 0.25) is 5.82 Å². The molecule has 0 saturated carbocycles. The maximum absolute atomic E-state index is 13.1. The molecule has 9 heteroatoms. The average Bonchev–Trinajstić information content (AvgIpc) is 3.46. The predicted octanol–water partition coefficient (Wildman–Crippen LogP) is 3.84. The number of hydrogen-bond acceptors (Lipinski definition) is 6. The van der Waals surface area contributed by atoms with Crippen molar-refractivity contribution in [2.24, 2.45) is 4.99 Å². The summed E-state index contributed by atoms with van der Waals surface area (Å²) in [5.74, 6) is -0.214. The van der Waals surface area contributed by atoms with Gasteiger partial charge >= 0.3 is 5.91 Å². The Kier molecular flexibility index (Phi) is 5.69. The Bertz CT molecular complexity index is 1270. The standard InChI is InChI=1S/C24H18N6O2S/c31-20-16-33-24(25-18-12-6-2-7-13-18)30(20)28-23(32)21-26-22(17-10-4-1-5-11-17)29(27-21)19-14-8-3-9-15-19/h1-15H,16H2,(H,28,32). The molecule has 1 aliphatic heterocycles. The molecule has 1 saturated heterocycles. The predicted molar refractivity (Wildman–Crippen MR) is 127 cm³/mol. The summed E-state index contributed by atoms with van der Waals surface area (Å²) in [6.07, 6.45) is 0. The van der Waals surface area contributed by atoms with Crippen LogP contribution in [0.5, 0.6) is 0 Å². The first kappa shape index (κ1) is 20.7. The van der Waals surface area contributed by atoms with E-state index in [2.05, 4.69) is 20.5 Å². The number of nitrogens with zero attached hydrogens (tertiary/aromatic N) is 5. The zero-order chi connectivity index (χ0) is 22.6. The summed E-state index contributed by atoms with van der Waals surface area (Å²) in [6, 6.07) is 28.2. The third-order valence-electron chi connectivity index (χ3n) is 4.80. The van der Waals surface area contributed by atoms with E-state index in [1.54, 1.807) is 4.68 Å². The van der Waals surface area contributed by atoms with E-state index in [-0.39, 0.29) is 17.5 Å². The Balaban J connectivity index is 1.47. The fourth-order valence-corrected chi connectivity index (χ4v) is 4.08. The Labute approximate surface area is 194 Å². The molecule has 1 aromatic heterocycles. The molecule has 1 aliphatic rings. The molecule has 0 bridgehead atoms. The van der Waals surface area contributed by atoms with Crippen molar-refractivity contribution in [3.05, 3.63) is 96.8 Å². The highest BCUT2D eigenvalue weighted by Crippen LogP contribution is 2.23. The van der Waals surface area contributed by atoms with Crippen molar-refractivity contribution in [2.45, 2.75) is 0 Å². The van der Waals surface area contributed by atoms with Gasteiger partial charge in [-0.2, -0.15) is 5.01 Å². The molecule has 162 valence electrons. The Morgan fingerprint density at radius 3 is 2.24 bits per heavy atom. The maximum atomic E-state index is 13.1. The average molecular weight is 455 g/mol. The van der Waals surface area contributed by atoms with Crippen LogP contribution in [-0.4, -0.2) is 42.5 Å². The minimum atomic E-state index is -0.599. The summed E-state index contributed by atoms with van der Waals surface area (Å²) >= 11 is 1.26. The van der Waals surface area contributed by atoms with E-state index < -0.39 is 5.91 Å². The van der Waals surface area contributed by atoms with E-state index in [4.69, 9.17) is 0 Å². The number of hydrogen-bond donors (Lipinski definition) is 1. The third-order valence-corrected chi connectivity index (χ3v) is 5.73. The van der Waals surface area contributed by atoms with Crippen LogP contribution in [-0.2, 0) is 4.79 Å². The second-order valence-electron chi connectivity index (χ2n) is 7.06. The van der Waals surface area contributed by atoms with Crippen molar-refractivity contribution in [2.75, 3.05) is 5.75 Å². The van der Waals surface area contributed by atoms with Gasteiger partial charge in [0.1, 0.15) is 0 Å². The first-order chi connectivity index (χ1) is 16.2. The van der Waals surface area contributed by atoms with Crippen molar-refractivity contribution in [1.29, 1.82) is 0 Å². The minimum absolute atomic E-state index is 0.0542. The van der Waals surface area contributed by atoms with Gasteiger partial charge in [-0.05, 0) is 24.3 Å². The summed E-state index contributed by atoms with van der Waals surface area (Å²) < 4.78 is 1.61. The molecule has 3 aromatic carbocycles. The van der Waals surface area contributed by atoms with Crippen LogP contribution in [0.3, 0.4) is 0 Å². The largest absolute Gasteiger partial charge is 0.309 e. The Morgan fingerprint density at radius 2 is 1.55 bits per heavy atom. The lowest BCUT2D eigenvalue weighted by atomic mass is 10.2. The van der Waals surface area contributed by atoms with E-state index >= 15 is 0 Å². The van der Waals surface area contributed by atoms with Crippen LogP contribution >= 0.6 is 11.8 Å². The summed E-state index contributed by atoms with van der Waals surface area (Å²) in [5.41, 5.74) is 4.88. The first-order valence-corrected chi connectivity index (χ1v) is 11.2. The number of aromatic nitrogens is 3. The molecular weight excluding hydrogens is 436 g/mol. The smallest absolute Gasteiger partial charge is 0.272 e. The second kappa shape index (κ2) is 9.09. The topological polar surface area (TPSA) is 92.5 Å². The number of nitrogens with one attached hydrogen (secondary N) is 1. The minimum Gasteiger partial charge on any atom is -0.272 e. The van der Waals surface area contributed by atoms with Crippen molar-refractivity contribution < 1.29 is 9.59 Å². The number of aliphatic imine (C=N–C) groups is 1. The number of thioether (sulfide) groups is 1. The molecule has 5 rings (SSSR count). The number of carbonyl (C=O) groups is 2. The molecule has 0 radical (unpaired) electrons. The molecule has 0 spiro atoms. The molecule has 1 N–H and O–H groups in total. The molecule has 2 amide bonds. The maximum Gasteiger partial charge on any atom is 0.309 e. The van der Waals surface area contributed by atoms with Crippen molar-refractivity contribution in [3.8, 4) is 17.1 Å². The lowest BCUT2D eigenvalue weighted by Crippen LogP contribution is -2.46. The molecule has 0 unspecified atom stereocenters. The highest BCUT2D eigenvalue weighted by atomic mass is 32.2. The number of amidine groups is 1. The lowest BCUT2D eigenvalue weighted by molar-refractivity contribution is -0.125. The number of benzene rings is 3. The summed E-state index contributed by atoms with van der Waals surface area (Å²) in [4.78, 5) is 34.5. The quantitative estimate of drug-likeness (QED) is 0.495. The van der Waals surface area contributed by atoms with Crippen LogP contribution in [0.4, 0.5) is 5.69 Å². The zero-order valence-corrected chi connectivity index (χ0v) is 18.1. The Hall–Kier alpha value is -4.24.